The van der Waals surface area contributed by atoms with E-state index in [4.69, 9.17) is 45.8 Å². The highest BCUT2D eigenvalue weighted by atomic mass is 16.5. The van der Waals surface area contributed by atoms with Crippen molar-refractivity contribution in [3.8, 4) is 17.2 Å². The monoisotopic (exact) mass is 861 g/mol. The molecule has 2 aromatic carbocycles. The fourth-order valence-corrected chi connectivity index (χ4v) is 8.90. The van der Waals surface area contributed by atoms with E-state index in [2.05, 4.69) is 15.5 Å². The van der Waals surface area contributed by atoms with Gasteiger partial charge in [-0.05, 0) is 58.0 Å². The Balaban J connectivity index is 1.22. The summed E-state index contributed by atoms with van der Waals surface area (Å²) in [6.07, 6.45) is 4.80. The van der Waals surface area contributed by atoms with Crippen LogP contribution in [0.25, 0.3) is 27.8 Å². The van der Waals surface area contributed by atoms with Crippen LogP contribution in [-0.2, 0) is 30.9 Å². The van der Waals surface area contributed by atoms with Crippen molar-refractivity contribution < 1.29 is 38.0 Å². The number of imidazole rings is 2. The normalized spacial score (nSPS) is 16.8. The quantitative estimate of drug-likeness (QED) is 0.121. The summed E-state index contributed by atoms with van der Waals surface area (Å²) in [5.41, 5.74) is 14.8. The number of ether oxygens (including phenoxy) is 3. The van der Waals surface area contributed by atoms with Crippen LogP contribution >= 0.6 is 0 Å². The van der Waals surface area contributed by atoms with Crippen molar-refractivity contribution in [1.29, 1.82) is 0 Å². The van der Waals surface area contributed by atoms with Gasteiger partial charge in [-0.2, -0.15) is 9.67 Å². The summed E-state index contributed by atoms with van der Waals surface area (Å²) in [7, 11) is 1.47. The van der Waals surface area contributed by atoms with Crippen LogP contribution in [0.3, 0.4) is 0 Å². The van der Waals surface area contributed by atoms with E-state index < -0.39 is 23.6 Å². The predicted octanol–water partition coefficient (Wildman–Crippen LogP) is 2.09. The van der Waals surface area contributed by atoms with Gasteiger partial charge in [0.1, 0.15) is 35.7 Å². The summed E-state index contributed by atoms with van der Waals surface area (Å²) in [5, 5.41) is 15.5. The second-order valence-corrected chi connectivity index (χ2v) is 16.1. The standard InChI is InChI=1S/C42H48N14O7/c1-6-54-34-31(23(3)49-54)56-24(4)50-55(7-2)39(56)38(60)48-41-45-27-16-25(35(43)57)18-29(61-5)32(27)52(41)11-8-9-12-53-33-28(46-40(53)47-37(34)59)17-26(36(44)58)19-30(33)63-15-14-51-13-10-42(20-51)21-62-22-42/h8-9,16-19H,6-7,10-15,20-22H2,1-5H3,(H5-,43,44,45,46,47,48,57,58,59,60)/p+1/b9-8+. The lowest BCUT2D eigenvalue weighted by atomic mass is 9.85. The molecule has 3 aliphatic heterocycles. The molecule has 0 atom stereocenters. The summed E-state index contributed by atoms with van der Waals surface area (Å²) >= 11 is 0. The number of fused-ring (bicyclic) bond motifs is 9. The van der Waals surface area contributed by atoms with Gasteiger partial charge in [0.15, 0.2) is 11.4 Å². The van der Waals surface area contributed by atoms with Gasteiger partial charge in [-0.15, -0.1) is 4.68 Å². The van der Waals surface area contributed by atoms with Crippen LogP contribution < -0.4 is 36.1 Å². The lowest BCUT2D eigenvalue weighted by molar-refractivity contribution is -0.606. The third-order valence-electron chi connectivity index (χ3n) is 12.0. The number of hydrogen-bond donors (Lipinski definition) is 4. The molecule has 21 heteroatoms. The van der Waals surface area contributed by atoms with Crippen molar-refractivity contribution in [2.45, 2.75) is 60.3 Å². The number of aryl methyl sites for hydroxylation is 4. The topological polar surface area (TPSA) is 250 Å². The summed E-state index contributed by atoms with van der Waals surface area (Å²) < 4.78 is 26.0. The van der Waals surface area contributed by atoms with E-state index in [1.165, 1.54) is 17.9 Å². The molecule has 2 fully saturated rings. The highest BCUT2D eigenvalue weighted by Crippen LogP contribution is 2.38. The van der Waals surface area contributed by atoms with Gasteiger partial charge in [-0.3, -0.25) is 39.4 Å². The third kappa shape index (κ3) is 7.11. The molecule has 9 rings (SSSR count). The second kappa shape index (κ2) is 16.0. The largest absolute Gasteiger partial charge is 0.494 e. The number of likely N-dealkylation sites (tertiary alicyclic amines) is 1. The molecule has 0 saturated carbocycles. The number of rotatable bonds is 9. The number of aromatic nitrogens is 9. The first-order valence-electron chi connectivity index (χ1n) is 20.8. The molecule has 3 aliphatic rings. The van der Waals surface area contributed by atoms with Crippen LogP contribution in [0.2, 0.25) is 0 Å². The minimum Gasteiger partial charge on any atom is -0.494 e. The average Bonchev–Trinajstić information content (AvgIpc) is 4.06. The molecule has 4 aromatic heterocycles. The van der Waals surface area contributed by atoms with E-state index in [-0.39, 0.29) is 53.0 Å². The van der Waals surface area contributed by atoms with Gasteiger partial charge < -0.3 is 34.8 Å². The van der Waals surface area contributed by atoms with Gasteiger partial charge in [0.05, 0.1) is 37.1 Å². The molecule has 328 valence electrons. The minimum absolute atomic E-state index is 0.104. The molecular formula is C42H49N14O7+. The number of nitrogens with zero attached hydrogens (tertiary/aromatic N) is 10. The first-order valence-corrected chi connectivity index (χ1v) is 20.8. The summed E-state index contributed by atoms with van der Waals surface area (Å²) in [5.74, 6) is -0.942. The molecule has 6 N–H and O–H groups in total. The molecule has 63 heavy (non-hydrogen) atoms. The highest BCUT2D eigenvalue weighted by Gasteiger charge is 2.44. The molecule has 0 radical (unpaired) electrons. The van der Waals surface area contributed by atoms with Crippen LogP contribution in [0, 0.1) is 19.3 Å². The smallest absolute Gasteiger partial charge is 0.331 e. The predicted molar refractivity (Wildman–Crippen MR) is 228 cm³/mol. The Bertz CT molecular complexity index is 2900. The van der Waals surface area contributed by atoms with Gasteiger partial charge >= 0.3 is 11.7 Å². The van der Waals surface area contributed by atoms with Gasteiger partial charge in [-0.1, -0.05) is 12.2 Å². The number of nitrogens with one attached hydrogen (secondary N) is 2. The number of carbonyl (C=O) groups excluding carboxylic acids is 4. The van der Waals surface area contributed by atoms with E-state index in [1.54, 1.807) is 50.4 Å². The number of benzene rings is 2. The SMILES string of the molecule is CCn1nc(C)c2c1C(=O)Nc1nc3cc(C(N)=O)cc(OCCN4CCC5(COC5)C4)c3n1C/C=C/Cn1c(nc3cc(C(N)=O)cc(OC)c31)NC(=O)c1n(CC)nc(C)[n+]1-2. The maximum atomic E-state index is 14.8. The van der Waals surface area contributed by atoms with Crippen molar-refractivity contribution in [3.05, 3.63) is 70.6 Å². The number of anilines is 2. The van der Waals surface area contributed by atoms with E-state index in [1.807, 2.05) is 26.0 Å². The average molecular weight is 862 g/mol. The van der Waals surface area contributed by atoms with Crippen LogP contribution in [-0.4, -0.2) is 114 Å². The second-order valence-electron chi connectivity index (χ2n) is 16.1. The number of carbonyl (C=O) groups is 4. The Kier molecular flexibility index (Phi) is 10.4. The Labute approximate surface area is 360 Å². The first-order chi connectivity index (χ1) is 30.3. The van der Waals surface area contributed by atoms with E-state index in [9.17, 15) is 19.2 Å². The molecule has 2 saturated heterocycles. The number of amides is 4. The summed E-state index contributed by atoms with van der Waals surface area (Å²) in [6.45, 7) is 12.5. The Morgan fingerprint density at radius 2 is 1.46 bits per heavy atom. The van der Waals surface area contributed by atoms with Crippen molar-refractivity contribution in [2.75, 3.05) is 57.2 Å². The fourth-order valence-electron chi connectivity index (χ4n) is 8.90. The van der Waals surface area contributed by atoms with E-state index in [0.717, 1.165) is 32.7 Å². The Morgan fingerprint density at radius 1 is 0.857 bits per heavy atom. The molecule has 21 nitrogen and oxygen atoms in total. The van der Waals surface area contributed by atoms with Gasteiger partial charge in [0.25, 0.3) is 11.7 Å². The lowest BCUT2D eigenvalue weighted by Gasteiger charge is -2.37. The third-order valence-corrected chi connectivity index (χ3v) is 12.0. The molecule has 7 heterocycles. The number of hydrogen-bond acceptors (Lipinski definition) is 12. The minimum atomic E-state index is -0.672. The van der Waals surface area contributed by atoms with Gasteiger partial charge in [0, 0.05) is 61.3 Å². The van der Waals surface area contributed by atoms with Crippen LogP contribution in [0.5, 0.6) is 11.5 Å². The molecule has 4 amide bonds. The number of primary amides is 2. The number of methoxy groups -OCH3 is 1. The van der Waals surface area contributed by atoms with E-state index >= 15 is 0 Å². The molecule has 6 aromatic rings. The van der Waals surface area contributed by atoms with Crippen molar-refractivity contribution in [3.63, 3.8) is 0 Å². The van der Waals surface area contributed by atoms with Crippen LogP contribution in [0.4, 0.5) is 11.9 Å². The number of allylic oxidation sites excluding steroid dienone is 2. The molecular weight excluding hydrogens is 813 g/mol. The molecule has 0 aliphatic carbocycles. The van der Waals surface area contributed by atoms with Gasteiger partial charge in [0.2, 0.25) is 23.7 Å². The van der Waals surface area contributed by atoms with Crippen molar-refractivity contribution >= 4 is 57.6 Å². The first kappa shape index (κ1) is 41.2. The zero-order chi connectivity index (χ0) is 44.3. The zero-order valence-corrected chi connectivity index (χ0v) is 35.7. The Morgan fingerprint density at radius 3 is 2.02 bits per heavy atom. The molecule has 1 spiro atoms. The highest BCUT2D eigenvalue weighted by molar-refractivity contribution is 6.07. The lowest BCUT2D eigenvalue weighted by Crippen LogP contribution is -2.44. The summed E-state index contributed by atoms with van der Waals surface area (Å²) in [4.78, 5) is 66.5. The van der Waals surface area contributed by atoms with Crippen LogP contribution in [0.1, 0.15) is 73.6 Å². The maximum Gasteiger partial charge on any atom is 0.331 e. The van der Waals surface area contributed by atoms with Crippen LogP contribution in [0.15, 0.2) is 36.4 Å². The zero-order valence-electron chi connectivity index (χ0n) is 35.7. The van der Waals surface area contributed by atoms with Gasteiger partial charge in [-0.25, -0.2) is 9.97 Å². The molecule has 0 bridgehead atoms. The maximum absolute atomic E-state index is 14.8. The fraction of sp³-hybridized carbons (Fsp3) is 0.405. The number of nitrogens with two attached hydrogens (primary N) is 2. The van der Waals surface area contributed by atoms with E-state index in [0.29, 0.717) is 77.0 Å². The van der Waals surface area contributed by atoms with Crippen molar-refractivity contribution in [2.24, 2.45) is 16.9 Å². The summed E-state index contributed by atoms with van der Waals surface area (Å²) in [6, 6.07) is 6.25. The molecule has 0 unspecified atom stereocenters. The Hall–Kier alpha value is -7.13. The van der Waals surface area contributed by atoms with Crippen molar-refractivity contribution in [1.82, 2.24) is 43.6 Å².